The molecule has 1 saturated carbocycles. The zero-order valence-electron chi connectivity index (χ0n) is 16.6. The summed E-state index contributed by atoms with van der Waals surface area (Å²) in [4.78, 5) is 15.3. The molecule has 0 unspecified atom stereocenters. The summed E-state index contributed by atoms with van der Waals surface area (Å²) >= 11 is 0. The normalized spacial score (nSPS) is 22.1. The van der Waals surface area contributed by atoms with Gasteiger partial charge in [-0.05, 0) is 61.3 Å². The van der Waals surface area contributed by atoms with Crippen LogP contribution in [-0.2, 0) is 27.8 Å². The SMILES string of the molecule is O=C(C1CCC(CNS(=O)(=O)c2ccccc2)CC1)N1CCc2ccccc2C1. The van der Waals surface area contributed by atoms with Gasteiger partial charge in [0.2, 0.25) is 15.9 Å². The van der Waals surface area contributed by atoms with Crippen molar-refractivity contribution in [1.29, 1.82) is 0 Å². The Balaban J connectivity index is 1.27. The number of nitrogens with zero attached hydrogens (tertiary/aromatic N) is 1. The van der Waals surface area contributed by atoms with Crippen LogP contribution in [0.15, 0.2) is 59.5 Å². The molecule has 1 aliphatic carbocycles. The zero-order valence-corrected chi connectivity index (χ0v) is 17.4. The molecule has 1 heterocycles. The van der Waals surface area contributed by atoms with E-state index in [0.29, 0.717) is 23.9 Å². The maximum absolute atomic E-state index is 13.0. The van der Waals surface area contributed by atoms with Crippen LogP contribution in [0.5, 0.6) is 0 Å². The van der Waals surface area contributed by atoms with Gasteiger partial charge in [0.1, 0.15) is 0 Å². The predicted octanol–water partition coefficient (Wildman–Crippen LogP) is 3.36. The van der Waals surface area contributed by atoms with E-state index in [-0.39, 0.29) is 11.8 Å². The third-order valence-electron chi connectivity index (χ3n) is 6.25. The van der Waals surface area contributed by atoms with Crippen LogP contribution < -0.4 is 4.72 Å². The molecule has 29 heavy (non-hydrogen) atoms. The summed E-state index contributed by atoms with van der Waals surface area (Å²) in [7, 11) is -3.46. The summed E-state index contributed by atoms with van der Waals surface area (Å²) in [6, 6.07) is 16.8. The minimum atomic E-state index is -3.46. The molecule has 0 spiro atoms. The van der Waals surface area contributed by atoms with Crippen molar-refractivity contribution >= 4 is 15.9 Å². The second kappa shape index (κ2) is 8.67. The van der Waals surface area contributed by atoms with Gasteiger partial charge >= 0.3 is 0 Å². The van der Waals surface area contributed by atoms with Gasteiger partial charge in [0.15, 0.2) is 0 Å². The van der Waals surface area contributed by atoms with E-state index in [1.807, 2.05) is 11.0 Å². The quantitative estimate of drug-likeness (QED) is 0.819. The molecule has 0 bridgehead atoms. The van der Waals surface area contributed by atoms with Gasteiger partial charge in [-0.3, -0.25) is 4.79 Å². The lowest BCUT2D eigenvalue weighted by atomic mass is 9.81. The van der Waals surface area contributed by atoms with Gasteiger partial charge in [0.25, 0.3) is 0 Å². The van der Waals surface area contributed by atoms with Crippen molar-refractivity contribution in [2.45, 2.75) is 43.5 Å². The monoisotopic (exact) mass is 412 g/mol. The Hall–Kier alpha value is -2.18. The fourth-order valence-corrected chi connectivity index (χ4v) is 5.60. The van der Waals surface area contributed by atoms with Crippen molar-refractivity contribution in [2.24, 2.45) is 11.8 Å². The molecule has 0 radical (unpaired) electrons. The van der Waals surface area contributed by atoms with Gasteiger partial charge in [-0.25, -0.2) is 13.1 Å². The largest absolute Gasteiger partial charge is 0.338 e. The number of benzene rings is 2. The molecule has 2 aliphatic rings. The number of hydrogen-bond acceptors (Lipinski definition) is 3. The molecule has 2 aromatic carbocycles. The van der Waals surface area contributed by atoms with Gasteiger partial charge < -0.3 is 4.90 Å². The van der Waals surface area contributed by atoms with E-state index >= 15 is 0 Å². The Morgan fingerprint density at radius 2 is 1.59 bits per heavy atom. The van der Waals surface area contributed by atoms with Crippen LogP contribution >= 0.6 is 0 Å². The predicted molar refractivity (Wildman–Crippen MR) is 113 cm³/mol. The van der Waals surface area contributed by atoms with E-state index in [9.17, 15) is 13.2 Å². The summed E-state index contributed by atoms with van der Waals surface area (Å²) in [5.41, 5.74) is 2.61. The third-order valence-corrected chi connectivity index (χ3v) is 7.69. The number of sulfonamides is 1. The Bertz CT molecular complexity index is 951. The highest BCUT2D eigenvalue weighted by Gasteiger charge is 2.31. The Morgan fingerprint density at radius 3 is 2.31 bits per heavy atom. The maximum Gasteiger partial charge on any atom is 0.240 e. The fraction of sp³-hybridized carbons (Fsp3) is 0.435. The highest BCUT2D eigenvalue weighted by atomic mass is 32.2. The minimum Gasteiger partial charge on any atom is -0.338 e. The number of carbonyl (C=O) groups excluding carboxylic acids is 1. The molecule has 0 aromatic heterocycles. The molecule has 6 heteroatoms. The van der Waals surface area contributed by atoms with Crippen LogP contribution in [0.4, 0.5) is 0 Å². The zero-order chi connectivity index (χ0) is 20.3. The third kappa shape index (κ3) is 4.70. The van der Waals surface area contributed by atoms with Crippen LogP contribution in [0.2, 0.25) is 0 Å². The van der Waals surface area contributed by atoms with Crippen LogP contribution in [-0.4, -0.2) is 32.3 Å². The van der Waals surface area contributed by atoms with Crippen LogP contribution in [0, 0.1) is 11.8 Å². The summed E-state index contributed by atoms with van der Waals surface area (Å²) in [5.74, 6) is 0.629. The fourth-order valence-electron chi connectivity index (χ4n) is 4.47. The molecule has 2 aromatic rings. The molecule has 5 nitrogen and oxygen atoms in total. The Morgan fingerprint density at radius 1 is 0.931 bits per heavy atom. The average molecular weight is 413 g/mol. The first-order valence-electron chi connectivity index (χ1n) is 10.4. The first-order chi connectivity index (χ1) is 14.0. The molecule has 1 aliphatic heterocycles. The topological polar surface area (TPSA) is 66.5 Å². The Kier molecular flexibility index (Phi) is 6.01. The summed E-state index contributed by atoms with van der Waals surface area (Å²) in [6.07, 6.45) is 4.39. The lowest BCUT2D eigenvalue weighted by Gasteiger charge is -2.34. The summed E-state index contributed by atoms with van der Waals surface area (Å²) in [5, 5.41) is 0. The van der Waals surface area contributed by atoms with E-state index in [4.69, 9.17) is 0 Å². The van der Waals surface area contributed by atoms with Gasteiger partial charge in [0.05, 0.1) is 4.90 Å². The van der Waals surface area contributed by atoms with Gasteiger partial charge in [0, 0.05) is 25.6 Å². The molecule has 1 fully saturated rings. The highest BCUT2D eigenvalue weighted by Crippen LogP contribution is 2.31. The average Bonchev–Trinajstić information content (AvgIpc) is 2.78. The van der Waals surface area contributed by atoms with Crippen molar-refractivity contribution in [1.82, 2.24) is 9.62 Å². The number of rotatable bonds is 5. The van der Waals surface area contributed by atoms with Gasteiger partial charge in [-0.15, -0.1) is 0 Å². The summed E-state index contributed by atoms with van der Waals surface area (Å²) < 4.78 is 27.5. The highest BCUT2D eigenvalue weighted by molar-refractivity contribution is 7.89. The minimum absolute atomic E-state index is 0.0715. The van der Waals surface area contributed by atoms with Crippen LogP contribution in [0.25, 0.3) is 0 Å². The molecular formula is C23H28N2O3S. The van der Waals surface area contributed by atoms with Gasteiger partial charge in [-0.2, -0.15) is 0 Å². The molecule has 4 rings (SSSR count). The van der Waals surface area contributed by atoms with E-state index in [1.165, 1.54) is 11.1 Å². The molecule has 1 N–H and O–H groups in total. The molecule has 1 amide bonds. The van der Waals surface area contributed by atoms with E-state index in [2.05, 4.69) is 22.9 Å². The van der Waals surface area contributed by atoms with Gasteiger partial charge in [-0.1, -0.05) is 42.5 Å². The smallest absolute Gasteiger partial charge is 0.240 e. The molecule has 0 saturated heterocycles. The lowest BCUT2D eigenvalue weighted by Crippen LogP contribution is -2.41. The van der Waals surface area contributed by atoms with Crippen molar-refractivity contribution in [3.05, 3.63) is 65.7 Å². The number of amides is 1. The number of carbonyl (C=O) groups is 1. The van der Waals surface area contributed by atoms with E-state index < -0.39 is 10.0 Å². The van der Waals surface area contributed by atoms with Crippen LogP contribution in [0.3, 0.4) is 0 Å². The first kappa shape index (κ1) is 20.1. The molecule has 0 atom stereocenters. The number of nitrogens with one attached hydrogen (secondary N) is 1. The standard InChI is InChI=1S/C23H28N2O3S/c26-23(25-15-14-19-6-4-5-7-21(19)17-25)20-12-10-18(11-13-20)16-24-29(27,28)22-8-2-1-3-9-22/h1-9,18,20,24H,10-17H2. The summed E-state index contributed by atoms with van der Waals surface area (Å²) in [6.45, 7) is 1.95. The maximum atomic E-state index is 13.0. The second-order valence-electron chi connectivity index (χ2n) is 8.16. The second-order valence-corrected chi connectivity index (χ2v) is 9.93. The lowest BCUT2D eigenvalue weighted by molar-refractivity contribution is -0.137. The van der Waals surface area contributed by atoms with Crippen LogP contribution in [0.1, 0.15) is 36.8 Å². The Labute approximate surface area is 173 Å². The van der Waals surface area contributed by atoms with E-state index in [1.54, 1.807) is 30.3 Å². The van der Waals surface area contributed by atoms with Crippen molar-refractivity contribution in [3.63, 3.8) is 0 Å². The molecular weight excluding hydrogens is 384 g/mol. The number of hydrogen-bond donors (Lipinski definition) is 1. The van der Waals surface area contributed by atoms with Crippen molar-refractivity contribution in [3.8, 4) is 0 Å². The molecule has 154 valence electrons. The van der Waals surface area contributed by atoms with Crippen molar-refractivity contribution in [2.75, 3.05) is 13.1 Å². The van der Waals surface area contributed by atoms with E-state index in [0.717, 1.165) is 38.6 Å². The first-order valence-corrected chi connectivity index (χ1v) is 11.9. The van der Waals surface area contributed by atoms with Crippen molar-refractivity contribution < 1.29 is 13.2 Å². The number of fused-ring (bicyclic) bond motifs is 1.